The van der Waals surface area contributed by atoms with E-state index in [-0.39, 0.29) is 5.75 Å². The number of methoxy groups -OCH3 is 1. The summed E-state index contributed by atoms with van der Waals surface area (Å²) in [5, 5.41) is 3.00. The van der Waals surface area contributed by atoms with Gasteiger partial charge in [0.25, 0.3) is 0 Å². The lowest BCUT2D eigenvalue weighted by Gasteiger charge is -2.16. The normalized spacial score (nSPS) is 12.2. The van der Waals surface area contributed by atoms with Gasteiger partial charge in [-0.3, -0.25) is 0 Å². The van der Waals surface area contributed by atoms with Crippen LogP contribution in [-0.4, -0.2) is 59.4 Å². The van der Waals surface area contributed by atoms with Gasteiger partial charge in [0.1, 0.15) is 0 Å². The number of nitrogens with zero attached hydrogens (tertiary/aromatic N) is 1. The fourth-order valence-electron chi connectivity index (χ4n) is 1.31. The molecule has 0 saturated carbocycles. The number of hydrogen-bond donors (Lipinski definition) is 1. The van der Waals surface area contributed by atoms with Gasteiger partial charge < -0.3 is 10.1 Å². The summed E-state index contributed by atoms with van der Waals surface area (Å²) >= 11 is 0. The van der Waals surface area contributed by atoms with Crippen molar-refractivity contribution in [2.24, 2.45) is 0 Å². The molecule has 0 aromatic rings. The van der Waals surface area contributed by atoms with Crippen molar-refractivity contribution in [3.05, 3.63) is 0 Å². The van der Waals surface area contributed by atoms with Gasteiger partial charge in [0.05, 0.1) is 5.75 Å². The summed E-state index contributed by atoms with van der Waals surface area (Å²) in [7, 11) is 2.04. The maximum Gasteiger partial charge on any atom is 0.213 e. The SMILES string of the molecule is CNCCCCS(=O)(=O)N(C)CCCOC. The van der Waals surface area contributed by atoms with Crippen LogP contribution < -0.4 is 5.32 Å². The third-order valence-electron chi connectivity index (χ3n) is 2.38. The Balaban J connectivity index is 3.82. The molecule has 0 atom stereocenters. The van der Waals surface area contributed by atoms with Crippen molar-refractivity contribution in [2.75, 3.05) is 46.7 Å². The first-order valence-electron chi connectivity index (χ1n) is 5.62. The molecule has 0 aliphatic carbocycles. The highest BCUT2D eigenvalue weighted by atomic mass is 32.2. The number of sulfonamides is 1. The quantitative estimate of drug-likeness (QED) is 0.568. The van der Waals surface area contributed by atoms with Crippen molar-refractivity contribution in [2.45, 2.75) is 19.3 Å². The maximum atomic E-state index is 11.8. The fraction of sp³-hybridized carbons (Fsp3) is 1.00. The molecule has 0 aliphatic heterocycles. The summed E-state index contributed by atoms with van der Waals surface area (Å²) in [6, 6.07) is 0. The van der Waals surface area contributed by atoms with Gasteiger partial charge in [-0.2, -0.15) is 0 Å². The van der Waals surface area contributed by atoms with Crippen LogP contribution in [0.4, 0.5) is 0 Å². The van der Waals surface area contributed by atoms with Gasteiger partial charge in [-0.05, 0) is 32.9 Å². The lowest BCUT2D eigenvalue weighted by molar-refractivity contribution is 0.189. The minimum absolute atomic E-state index is 0.234. The summed E-state index contributed by atoms with van der Waals surface area (Å²) in [5.74, 6) is 0.234. The molecular weight excluding hydrogens is 228 g/mol. The lowest BCUT2D eigenvalue weighted by Crippen LogP contribution is -2.31. The predicted octanol–water partition coefficient (Wildman–Crippen LogP) is 0.284. The molecule has 0 heterocycles. The predicted molar refractivity (Wildman–Crippen MR) is 66.1 cm³/mol. The van der Waals surface area contributed by atoms with Crippen LogP contribution in [0.3, 0.4) is 0 Å². The zero-order chi connectivity index (χ0) is 12.4. The van der Waals surface area contributed by atoms with E-state index in [4.69, 9.17) is 4.74 Å². The standard InChI is InChI=1S/C10H24N2O3S/c1-11-7-4-5-10-16(13,14)12(2)8-6-9-15-3/h11H,4-10H2,1-3H3. The Bertz CT molecular complexity index is 255. The average molecular weight is 252 g/mol. The highest BCUT2D eigenvalue weighted by molar-refractivity contribution is 7.89. The van der Waals surface area contributed by atoms with Crippen LogP contribution in [0.5, 0.6) is 0 Å². The molecule has 0 unspecified atom stereocenters. The lowest BCUT2D eigenvalue weighted by atomic mass is 10.3. The van der Waals surface area contributed by atoms with Gasteiger partial charge >= 0.3 is 0 Å². The molecular formula is C10H24N2O3S. The number of nitrogens with one attached hydrogen (secondary N) is 1. The third-order valence-corrected chi connectivity index (χ3v) is 4.31. The average Bonchev–Trinajstić information content (AvgIpc) is 2.24. The van der Waals surface area contributed by atoms with E-state index in [0.29, 0.717) is 19.6 Å². The Morgan fingerprint density at radius 3 is 2.50 bits per heavy atom. The van der Waals surface area contributed by atoms with Gasteiger partial charge in [-0.25, -0.2) is 12.7 Å². The van der Waals surface area contributed by atoms with Gasteiger partial charge in [0, 0.05) is 27.3 Å². The van der Waals surface area contributed by atoms with Crippen molar-refractivity contribution in [3.8, 4) is 0 Å². The molecule has 5 nitrogen and oxygen atoms in total. The molecule has 0 bridgehead atoms. The van der Waals surface area contributed by atoms with Crippen molar-refractivity contribution >= 4 is 10.0 Å². The van der Waals surface area contributed by atoms with Crippen molar-refractivity contribution in [1.82, 2.24) is 9.62 Å². The minimum Gasteiger partial charge on any atom is -0.385 e. The summed E-state index contributed by atoms with van der Waals surface area (Å²) in [5.41, 5.74) is 0. The second-order valence-electron chi connectivity index (χ2n) is 3.79. The van der Waals surface area contributed by atoms with Gasteiger partial charge in [0.2, 0.25) is 10.0 Å². The Morgan fingerprint density at radius 2 is 1.94 bits per heavy atom. The first-order valence-corrected chi connectivity index (χ1v) is 7.23. The topological polar surface area (TPSA) is 58.6 Å². The minimum atomic E-state index is -3.07. The van der Waals surface area contributed by atoms with Crippen LogP contribution in [0.15, 0.2) is 0 Å². The van der Waals surface area contributed by atoms with Gasteiger partial charge in [-0.15, -0.1) is 0 Å². The molecule has 0 saturated heterocycles. The molecule has 0 aromatic carbocycles. The molecule has 0 amide bonds. The van der Waals surface area contributed by atoms with Crippen LogP contribution in [0.2, 0.25) is 0 Å². The Kier molecular flexibility index (Phi) is 8.83. The third kappa shape index (κ3) is 7.16. The second-order valence-corrected chi connectivity index (χ2v) is 5.99. The second kappa shape index (κ2) is 8.92. The largest absolute Gasteiger partial charge is 0.385 e. The highest BCUT2D eigenvalue weighted by Gasteiger charge is 2.16. The summed E-state index contributed by atoms with van der Waals surface area (Å²) in [6.07, 6.45) is 2.34. The zero-order valence-electron chi connectivity index (χ0n) is 10.5. The van der Waals surface area contributed by atoms with E-state index < -0.39 is 10.0 Å². The summed E-state index contributed by atoms with van der Waals surface area (Å²) in [4.78, 5) is 0. The van der Waals surface area contributed by atoms with E-state index >= 15 is 0 Å². The van der Waals surface area contributed by atoms with Crippen LogP contribution in [-0.2, 0) is 14.8 Å². The van der Waals surface area contributed by atoms with E-state index in [1.807, 2.05) is 7.05 Å². The van der Waals surface area contributed by atoms with Crippen LogP contribution in [0.25, 0.3) is 0 Å². The van der Waals surface area contributed by atoms with Crippen LogP contribution in [0, 0.1) is 0 Å². The van der Waals surface area contributed by atoms with Gasteiger partial charge in [-0.1, -0.05) is 0 Å². The van der Waals surface area contributed by atoms with Crippen LogP contribution >= 0.6 is 0 Å². The monoisotopic (exact) mass is 252 g/mol. The smallest absolute Gasteiger partial charge is 0.213 e. The summed E-state index contributed by atoms with van der Waals surface area (Å²) < 4.78 is 29.8. The Labute approximate surface area is 99.2 Å². The summed E-state index contributed by atoms with van der Waals surface area (Å²) in [6.45, 7) is 1.99. The molecule has 1 N–H and O–H groups in total. The van der Waals surface area contributed by atoms with Crippen LogP contribution in [0.1, 0.15) is 19.3 Å². The fourth-order valence-corrected chi connectivity index (χ4v) is 2.60. The molecule has 0 rings (SSSR count). The van der Waals surface area contributed by atoms with Crippen molar-refractivity contribution < 1.29 is 13.2 Å². The number of rotatable bonds is 10. The van der Waals surface area contributed by atoms with Crippen molar-refractivity contribution in [1.29, 1.82) is 0 Å². The maximum absolute atomic E-state index is 11.8. The number of unbranched alkanes of at least 4 members (excludes halogenated alkanes) is 1. The van der Waals surface area contributed by atoms with Gasteiger partial charge in [0.15, 0.2) is 0 Å². The molecule has 0 aliphatic rings. The van der Waals surface area contributed by atoms with E-state index in [2.05, 4.69) is 5.32 Å². The highest BCUT2D eigenvalue weighted by Crippen LogP contribution is 2.03. The molecule has 6 heteroatoms. The molecule has 0 aromatic heterocycles. The molecule has 98 valence electrons. The van der Waals surface area contributed by atoms with Crippen molar-refractivity contribution in [3.63, 3.8) is 0 Å². The van der Waals surface area contributed by atoms with E-state index in [1.54, 1.807) is 14.2 Å². The zero-order valence-corrected chi connectivity index (χ0v) is 11.3. The van der Waals surface area contributed by atoms with E-state index in [0.717, 1.165) is 19.4 Å². The Morgan fingerprint density at radius 1 is 1.25 bits per heavy atom. The Hall–Kier alpha value is -0.170. The first kappa shape index (κ1) is 15.8. The molecule has 0 radical (unpaired) electrons. The van der Waals surface area contributed by atoms with E-state index in [1.165, 1.54) is 4.31 Å². The van der Waals surface area contributed by atoms with E-state index in [9.17, 15) is 8.42 Å². The molecule has 0 spiro atoms. The first-order chi connectivity index (χ1) is 7.54. The number of hydrogen-bond acceptors (Lipinski definition) is 4. The number of ether oxygens (including phenoxy) is 1. The molecule has 16 heavy (non-hydrogen) atoms. The molecule has 0 fully saturated rings.